The Kier molecular flexibility index (Phi) is 7.99. The summed E-state index contributed by atoms with van der Waals surface area (Å²) in [5.41, 5.74) is 2.07. The van der Waals surface area contributed by atoms with Gasteiger partial charge in [-0.1, -0.05) is 37.6 Å². The van der Waals surface area contributed by atoms with Crippen molar-refractivity contribution in [2.45, 2.75) is 66.0 Å². The lowest BCUT2D eigenvalue weighted by atomic mass is 9.93. The van der Waals surface area contributed by atoms with E-state index in [1.807, 2.05) is 47.7 Å². The molecule has 212 valence electrons. The van der Waals surface area contributed by atoms with E-state index in [0.29, 0.717) is 21.8 Å². The van der Waals surface area contributed by atoms with Crippen molar-refractivity contribution in [1.29, 1.82) is 5.26 Å². The maximum Gasteiger partial charge on any atom is 0.274 e. The Morgan fingerprint density at radius 3 is 2.44 bits per heavy atom. The molecule has 0 aliphatic heterocycles. The van der Waals surface area contributed by atoms with E-state index in [1.54, 1.807) is 42.1 Å². The van der Waals surface area contributed by atoms with Crippen molar-refractivity contribution in [2.24, 2.45) is 0 Å². The second-order valence-electron chi connectivity index (χ2n) is 11.8. The first-order chi connectivity index (χ1) is 19.2. The average Bonchev–Trinajstić information content (AvgIpc) is 3.52. The predicted octanol–water partition coefficient (Wildman–Crippen LogP) is 4.82. The van der Waals surface area contributed by atoms with Crippen LogP contribution in [-0.4, -0.2) is 47.1 Å². The Balaban J connectivity index is 1.76. The summed E-state index contributed by atoms with van der Waals surface area (Å²) in [6.45, 7) is 13.6. The van der Waals surface area contributed by atoms with Gasteiger partial charge in [-0.25, -0.2) is 14.3 Å². The molecule has 1 aromatic carbocycles. The predicted molar refractivity (Wildman–Crippen MR) is 155 cm³/mol. The van der Waals surface area contributed by atoms with Crippen molar-refractivity contribution >= 4 is 29.1 Å². The minimum Gasteiger partial charge on any atom is -0.347 e. The fourth-order valence-electron chi connectivity index (χ4n) is 4.03. The van der Waals surface area contributed by atoms with E-state index < -0.39 is 17.4 Å². The van der Waals surface area contributed by atoms with Crippen LogP contribution in [0.1, 0.15) is 84.9 Å². The molecule has 0 radical (unpaired) electrons. The van der Waals surface area contributed by atoms with E-state index in [9.17, 15) is 14.9 Å². The first kappa shape index (κ1) is 29.4. The largest absolute Gasteiger partial charge is 0.347 e. The molecule has 41 heavy (non-hydrogen) atoms. The molecular weight excluding hydrogens is 542 g/mol. The summed E-state index contributed by atoms with van der Waals surface area (Å²) in [6, 6.07) is 10.1. The molecule has 0 aliphatic carbocycles. The summed E-state index contributed by atoms with van der Waals surface area (Å²) in [7, 11) is 0. The number of aromatic nitrogens is 6. The lowest BCUT2D eigenvalue weighted by Gasteiger charge is -2.22. The highest BCUT2D eigenvalue weighted by molar-refractivity contribution is 6.32. The molecule has 3 heterocycles. The van der Waals surface area contributed by atoms with Gasteiger partial charge in [-0.15, -0.1) is 5.10 Å². The fraction of sp³-hybridized carbons (Fsp3) is 0.345. The number of anilines is 1. The summed E-state index contributed by atoms with van der Waals surface area (Å²) in [5, 5.41) is 28.7. The molecule has 4 aromatic rings. The Hall–Kier alpha value is -4.56. The summed E-state index contributed by atoms with van der Waals surface area (Å²) in [5.74, 6) is -0.699. The highest BCUT2D eigenvalue weighted by Gasteiger charge is 2.25. The zero-order valence-corrected chi connectivity index (χ0v) is 24.8. The number of nitrogens with one attached hydrogen (secondary N) is 2. The number of hydrogen-bond donors (Lipinski definition) is 2. The highest BCUT2D eigenvalue weighted by Crippen LogP contribution is 2.26. The molecule has 2 N–H and O–H groups in total. The molecule has 4 rings (SSSR count). The highest BCUT2D eigenvalue weighted by atomic mass is 35.5. The van der Waals surface area contributed by atoms with Crippen LogP contribution >= 0.6 is 11.6 Å². The number of halogens is 1. The van der Waals surface area contributed by atoms with Crippen LogP contribution in [0.2, 0.25) is 5.02 Å². The lowest BCUT2D eigenvalue weighted by molar-refractivity contribution is 0.0920. The smallest absolute Gasteiger partial charge is 0.274 e. The van der Waals surface area contributed by atoms with Crippen molar-refractivity contribution in [3.05, 3.63) is 81.5 Å². The number of benzene rings is 1. The van der Waals surface area contributed by atoms with Gasteiger partial charge in [0.1, 0.15) is 5.69 Å². The van der Waals surface area contributed by atoms with Crippen LogP contribution < -0.4 is 10.6 Å². The first-order valence-electron chi connectivity index (χ1n) is 13.0. The van der Waals surface area contributed by atoms with Gasteiger partial charge in [0.05, 0.1) is 45.8 Å². The second-order valence-corrected chi connectivity index (χ2v) is 12.2. The third-order valence-electron chi connectivity index (χ3n) is 6.00. The summed E-state index contributed by atoms with van der Waals surface area (Å²) in [4.78, 5) is 31.3. The fourth-order valence-corrected chi connectivity index (χ4v) is 4.23. The topological polar surface area (TPSA) is 143 Å². The molecule has 0 fully saturated rings. The van der Waals surface area contributed by atoms with Crippen molar-refractivity contribution in [2.75, 3.05) is 5.32 Å². The molecule has 0 atom stereocenters. The number of aryl methyl sites for hydroxylation is 1. The molecule has 0 saturated carbocycles. The van der Waals surface area contributed by atoms with Gasteiger partial charge in [0.15, 0.2) is 5.82 Å². The zero-order valence-electron chi connectivity index (χ0n) is 24.1. The monoisotopic (exact) mass is 573 g/mol. The van der Waals surface area contributed by atoms with Crippen LogP contribution in [0.25, 0.3) is 5.82 Å². The van der Waals surface area contributed by atoms with Crippen LogP contribution in [0.3, 0.4) is 0 Å². The van der Waals surface area contributed by atoms with Gasteiger partial charge in [0.25, 0.3) is 11.8 Å². The Morgan fingerprint density at radius 2 is 1.83 bits per heavy atom. The minimum absolute atomic E-state index is 0.141. The SMILES string of the molecule is Cc1cc(C#N)cc(C(=O)NC(C)(C)C)c1NC(=O)c1cc(Cn2cc(C(C)(C)C)nn2)nn1-c1ncccc1Cl. The van der Waals surface area contributed by atoms with E-state index >= 15 is 0 Å². The molecule has 3 aromatic heterocycles. The molecule has 2 amide bonds. The zero-order chi connectivity index (χ0) is 30.1. The van der Waals surface area contributed by atoms with E-state index in [0.717, 1.165) is 5.69 Å². The van der Waals surface area contributed by atoms with Gasteiger partial charge in [0.2, 0.25) is 0 Å². The van der Waals surface area contributed by atoms with Crippen LogP contribution in [0.15, 0.2) is 42.7 Å². The van der Waals surface area contributed by atoms with E-state index in [-0.39, 0.29) is 34.7 Å². The number of carbonyl (C=O) groups is 2. The third-order valence-corrected chi connectivity index (χ3v) is 6.29. The number of pyridine rings is 1. The summed E-state index contributed by atoms with van der Waals surface area (Å²) < 4.78 is 3.01. The van der Waals surface area contributed by atoms with Crippen LogP contribution in [0.4, 0.5) is 5.69 Å². The van der Waals surface area contributed by atoms with Crippen LogP contribution in [0.5, 0.6) is 0 Å². The Morgan fingerprint density at radius 1 is 1.10 bits per heavy atom. The van der Waals surface area contributed by atoms with Gasteiger partial charge in [0, 0.05) is 23.3 Å². The maximum absolute atomic E-state index is 13.8. The van der Waals surface area contributed by atoms with Crippen molar-refractivity contribution < 1.29 is 9.59 Å². The van der Waals surface area contributed by atoms with Gasteiger partial charge in [-0.05, 0) is 63.6 Å². The van der Waals surface area contributed by atoms with Gasteiger partial charge in [-0.3, -0.25) is 9.59 Å². The van der Waals surface area contributed by atoms with E-state index in [2.05, 4.69) is 37.1 Å². The van der Waals surface area contributed by atoms with Gasteiger partial charge < -0.3 is 10.6 Å². The Bertz CT molecular complexity index is 1670. The van der Waals surface area contributed by atoms with E-state index in [4.69, 9.17) is 11.6 Å². The number of nitrogens with zero attached hydrogens (tertiary/aromatic N) is 7. The molecule has 0 saturated heterocycles. The maximum atomic E-state index is 13.8. The molecule has 0 aliphatic rings. The second kappa shape index (κ2) is 11.1. The molecule has 0 spiro atoms. The lowest BCUT2D eigenvalue weighted by Crippen LogP contribution is -2.41. The number of hydrogen-bond acceptors (Lipinski definition) is 7. The minimum atomic E-state index is -0.544. The first-order valence-corrected chi connectivity index (χ1v) is 13.3. The molecule has 12 heteroatoms. The number of rotatable bonds is 6. The number of amides is 2. The molecular formula is C29H32ClN9O2. The standard InChI is InChI=1S/C29H32ClN9O2/c1-17-11-18(14-31)12-20(26(40)34-29(5,6)7)24(17)33-27(41)22-13-19(15-38-16-23(35-37-38)28(2,3)4)36-39(22)25-21(30)9-8-10-32-25/h8-13,16H,15H2,1-7H3,(H,33,41)(H,34,40). The van der Waals surface area contributed by atoms with E-state index in [1.165, 1.54) is 10.7 Å². The normalized spacial score (nSPS) is 11.7. The van der Waals surface area contributed by atoms with Crippen molar-refractivity contribution in [3.63, 3.8) is 0 Å². The van der Waals surface area contributed by atoms with Crippen LogP contribution in [0, 0.1) is 18.3 Å². The number of nitriles is 1. The molecule has 0 unspecified atom stereocenters. The van der Waals surface area contributed by atoms with Crippen molar-refractivity contribution in [3.8, 4) is 11.9 Å². The Labute approximate surface area is 243 Å². The molecule has 11 nitrogen and oxygen atoms in total. The van der Waals surface area contributed by atoms with Gasteiger partial charge >= 0.3 is 0 Å². The van der Waals surface area contributed by atoms with Crippen molar-refractivity contribution in [1.82, 2.24) is 35.1 Å². The number of carbonyl (C=O) groups excluding carboxylic acids is 2. The van der Waals surface area contributed by atoms with Crippen LogP contribution in [-0.2, 0) is 12.0 Å². The summed E-state index contributed by atoms with van der Waals surface area (Å²) in [6.07, 6.45) is 3.39. The van der Waals surface area contributed by atoms with Gasteiger partial charge in [-0.2, -0.15) is 10.4 Å². The molecule has 0 bridgehead atoms. The quantitative estimate of drug-likeness (QED) is 0.336. The average molecular weight is 574 g/mol. The third kappa shape index (κ3) is 6.78. The summed E-state index contributed by atoms with van der Waals surface area (Å²) >= 11 is 6.44.